The van der Waals surface area contributed by atoms with Gasteiger partial charge >= 0.3 is 0 Å². The molecule has 2 aromatic carbocycles. The first-order valence-electron chi connectivity index (χ1n) is 6.74. The molecule has 114 valence electrons. The van der Waals surface area contributed by atoms with Crippen molar-refractivity contribution in [2.45, 2.75) is 17.4 Å². The highest BCUT2D eigenvalue weighted by Crippen LogP contribution is 2.14. The van der Waals surface area contributed by atoms with E-state index in [2.05, 4.69) is 4.72 Å². The number of nitrogens with one attached hydrogen (secondary N) is 1. The van der Waals surface area contributed by atoms with Crippen LogP contribution in [0.4, 0.5) is 0 Å². The Labute approximate surface area is 129 Å². The molecule has 0 aliphatic heterocycles. The second-order valence-corrected chi connectivity index (χ2v) is 6.54. The maximum atomic E-state index is 12.2. The van der Waals surface area contributed by atoms with Crippen molar-refractivity contribution in [3.8, 4) is 6.07 Å². The molecule has 22 heavy (non-hydrogen) atoms. The maximum absolute atomic E-state index is 12.2. The zero-order valence-corrected chi connectivity index (χ0v) is 12.6. The fraction of sp³-hybridized carbons (Fsp3) is 0.188. The van der Waals surface area contributed by atoms with Crippen molar-refractivity contribution in [2.75, 3.05) is 6.54 Å². The molecule has 2 rings (SSSR count). The number of hydrogen-bond acceptors (Lipinski definition) is 4. The standard InChI is InChI=1S/C16H16N2O3S/c17-11-14-8-4-5-9-16(14)22(20,21)18-12-15(19)10-13-6-2-1-3-7-13/h1-9,15,18-19H,10,12H2. The number of aliphatic hydroxyl groups is 1. The SMILES string of the molecule is N#Cc1ccccc1S(=O)(=O)NCC(O)Cc1ccccc1. The van der Waals surface area contributed by atoms with E-state index in [1.807, 2.05) is 36.4 Å². The summed E-state index contributed by atoms with van der Waals surface area (Å²) in [6.07, 6.45) is -0.491. The van der Waals surface area contributed by atoms with Crippen molar-refractivity contribution in [3.63, 3.8) is 0 Å². The first-order valence-corrected chi connectivity index (χ1v) is 8.22. The van der Waals surface area contributed by atoms with Crippen LogP contribution < -0.4 is 4.72 Å². The molecule has 0 saturated carbocycles. The first-order chi connectivity index (χ1) is 10.5. The van der Waals surface area contributed by atoms with E-state index in [1.165, 1.54) is 12.1 Å². The number of benzene rings is 2. The number of nitrogens with zero attached hydrogens (tertiary/aromatic N) is 1. The molecule has 6 heteroatoms. The van der Waals surface area contributed by atoms with E-state index in [-0.39, 0.29) is 17.0 Å². The summed E-state index contributed by atoms with van der Waals surface area (Å²) >= 11 is 0. The fourth-order valence-corrected chi connectivity index (χ4v) is 3.26. The molecule has 0 aliphatic rings. The van der Waals surface area contributed by atoms with Crippen LogP contribution in [0, 0.1) is 11.3 Å². The van der Waals surface area contributed by atoms with E-state index >= 15 is 0 Å². The number of rotatable bonds is 6. The van der Waals surface area contributed by atoms with Crippen LogP contribution in [0.2, 0.25) is 0 Å². The van der Waals surface area contributed by atoms with Gasteiger partial charge in [-0.1, -0.05) is 42.5 Å². The molecule has 0 heterocycles. The predicted octanol–water partition coefficient (Wildman–Crippen LogP) is 1.44. The van der Waals surface area contributed by atoms with E-state index in [0.29, 0.717) is 6.42 Å². The summed E-state index contributed by atoms with van der Waals surface area (Å²) in [5, 5.41) is 18.9. The van der Waals surface area contributed by atoms with Crippen molar-refractivity contribution in [1.82, 2.24) is 4.72 Å². The third-order valence-corrected chi connectivity index (χ3v) is 4.60. The Morgan fingerprint density at radius 3 is 2.41 bits per heavy atom. The van der Waals surface area contributed by atoms with E-state index in [9.17, 15) is 13.5 Å². The molecule has 0 bridgehead atoms. The van der Waals surface area contributed by atoms with Gasteiger partial charge in [-0.05, 0) is 24.1 Å². The zero-order chi connectivity index (χ0) is 16.0. The number of aliphatic hydroxyl groups excluding tert-OH is 1. The van der Waals surface area contributed by atoms with Crippen LogP contribution in [0.15, 0.2) is 59.5 Å². The van der Waals surface area contributed by atoms with Gasteiger partial charge in [0.25, 0.3) is 0 Å². The molecule has 0 aliphatic carbocycles. The predicted molar refractivity (Wildman–Crippen MR) is 82.5 cm³/mol. The van der Waals surface area contributed by atoms with Gasteiger partial charge in [-0.3, -0.25) is 0 Å². The Balaban J connectivity index is 2.02. The third-order valence-electron chi connectivity index (χ3n) is 3.12. The molecule has 1 atom stereocenters. The van der Waals surface area contributed by atoms with Gasteiger partial charge in [0.1, 0.15) is 6.07 Å². The Kier molecular flexibility index (Phi) is 5.28. The van der Waals surface area contributed by atoms with Crippen molar-refractivity contribution in [1.29, 1.82) is 5.26 Å². The molecule has 0 fully saturated rings. The van der Waals surface area contributed by atoms with Crippen LogP contribution >= 0.6 is 0 Å². The van der Waals surface area contributed by atoms with Crippen molar-refractivity contribution < 1.29 is 13.5 Å². The highest BCUT2D eigenvalue weighted by Gasteiger charge is 2.19. The van der Waals surface area contributed by atoms with Crippen LogP contribution in [0.3, 0.4) is 0 Å². The van der Waals surface area contributed by atoms with Crippen LogP contribution in [0.1, 0.15) is 11.1 Å². The monoisotopic (exact) mass is 316 g/mol. The van der Waals surface area contributed by atoms with Gasteiger partial charge in [0, 0.05) is 6.54 Å². The summed E-state index contributed by atoms with van der Waals surface area (Å²) in [5.74, 6) is 0. The molecule has 5 nitrogen and oxygen atoms in total. The van der Waals surface area contributed by atoms with Crippen molar-refractivity contribution in [2.24, 2.45) is 0 Å². The summed E-state index contributed by atoms with van der Waals surface area (Å²) in [4.78, 5) is -0.0792. The zero-order valence-electron chi connectivity index (χ0n) is 11.8. The number of sulfonamides is 1. The molecular formula is C16H16N2O3S. The van der Waals surface area contributed by atoms with Gasteiger partial charge in [-0.15, -0.1) is 0 Å². The molecule has 0 radical (unpaired) electrons. The van der Waals surface area contributed by atoms with Gasteiger partial charge in [0.15, 0.2) is 0 Å². The second-order valence-electron chi connectivity index (χ2n) is 4.80. The van der Waals surface area contributed by atoms with Gasteiger partial charge in [-0.2, -0.15) is 5.26 Å². The first kappa shape index (κ1) is 16.2. The Morgan fingerprint density at radius 2 is 1.73 bits per heavy atom. The smallest absolute Gasteiger partial charge is 0.241 e. The summed E-state index contributed by atoms with van der Waals surface area (Å²) in [6.45, 7) is -0.114. The molecule has 0 amide bonds. The normalized spacial score (nSPS) is 12.5. The minimum Gasteiger partial charge on any atom is -0.391 e. The molecule has 1 unspecified atom stereocenters. The van der Waals surface area contributed by atoms with Crippen molar-refractivity contribution in [3.05, 3.63) is 65.7 Å². The van der Waals surface area contributed by atoms with E-state index in [1.54, 1.807) is 12.1 Å². The minimum absolute atomic E-state index is 0.0764. The van der Waals surface area contributed by atoms with Gasteiger partial charge < -0.3 is 5.11 Å². The molecule has 0 spiro atoms. The quantitative estimate of drug-likeness (QED) is 0.844. The van der Waals surface area contributed by atoms with Crippen molar-refractivity contribution >= 4 is 10.0 Å². The highest BCUT2D eigenvalue weighted by atomic mass is 32.2. The molecule has 0 saturated heterocycles. The van der Waals surface area contributed by atoms with Gasteiger partial charge in [-0.25, -0.2) is 13.1 Å². The fourth-order valence-electron chi connectivity index (χ4n) is 2.04. The molecule has 2 N–H and O–H groups in total. The number of hydrogen-bond donors (Lipinski definition) is 2. The number of nitriles is 1. The lowest BCUT2D eigenvalue weighted by Gasteiger charge is -2.13. The third kappa shape index (κ3) is 4.15. The van der Waals surface area contributed by atoms with Crippen LogP contribution in [-0.4, -0.2) is 26.2 Å². The van der Waals surface area contributed by atoms with E-state index in [4.69, 9.17) is 5.26 Å². The van der Waals surface area contributed by atoms with Crippen LogP contribution in [-0.2, 0) is 16.4 Å². The van der Waals surface area contributed by atoms with E-state index < -0.39 is 16.1 Å². The maximum Gasteiger partial charge on any atom is 0.241 e. The summed E-state index contributed by atoms with van der Waals surface area (Å²) in [5.41, 5.74) is 0.999. The minimum atomic E-state index is -3.82. The second kappa shape index (κ2) is 7.18. The largest absolute Gasteiger partial charge is 0.391 e. The Hall–Kier alpha value is -2.20. The Morgan fingerprint density at radius 1 is 1.09 bits per heavy atom. The highest BCUT2D eigenvalue weighted by molar-refractivity contribution is 7.89. The average molecular weight is 316 g/mol. The van der Waals surface area contributed by atoms with Gasteiger partial charge in [0.2, 0.25) is 10.0 Å². The lowest BCUT2D eigenvalue weighted by atomic mass is 10.1. The van der Waals surface area contributed by atoms with Crippen LogP contribution in [0.25, 0.3) is 0 Å². The van der Waals surface area contributed by atoms with Crippen LogP contribution in [0.5, 0.6) is 0 Å². The summed E-state index contributed by atoms with van der Waals surface area (Å²) < 4.78 is 26.7. The average Bonchev–Trinajstić information content (AvgIpc) is 2.54. The topological polar surface area (TPSA) is 90.2 Å². The summed E-state index contributed by atoms with van der Waals surface area (Å²) in [6, 6.07) is 17.1. The lowest BCUT2D eigenvalue weighted by Crippen LogP contribution is -2.33. The molecule has 2 aromatic rings. The lowest BCUT2D eigenvalue weighted by molar-refractivity contribution is 0.179. The Bertz CT molecular complexity index is 767. The molecular weight excluding hydrogens is 300 g/mol. The summed E-state index contributed by atoms with van der Waals surface area (Å²) in [7, 11) is -3.82. The van der Waals surface area contributed by atoms with Gasteiger partial charge in [0.05, 0.1) is 16.6 Å². The van der Waals surface area contributed by atoms with E-state index in [0.717, 1.165) is 5.56 Å². The molecule has 0 aromatic heterocycles.